The maximum atomic E-state index is 12.5. The van der Waals surface area contributed by atoms with Gasteiger partial charge in [-0.05, 0) is 45.1 Å². The molecule has 0 saturated heterocycles. The summed E-state index contributed by atoms with van der Waals surface area (Å²) in [5.74, 6) is 1.31. The smallest absolute Gasteiger partial charge is 0.197 e. The number of carbonyl (C=O) groups is 1. The highest BCUT2D eigenvalue weighted by molar-refractivity contribution is 7.99. The number of Topliss-reactive ketones (excluding diaryl/α,β-unsaturated/α-hetero) is 1. The first-order chi connectivity index (χ1) is 13.6. The summed E-state index contributed by atoms with van der Waals surface area (Å²) >= 11 is 3.23. The highest BCUT2D eigenvalue weighted by atomic mass is 32.2. The van der Waals surface area contributed by atoms with Gasteiger partial charge in [-0.3, -0.25) is 9.20 Å². The molecular weight excluding hydrogens is 388 g/mol. The molecule has 5 nitrogen and oxygen atoms in total. The van der Waals surface area contributed by atoms with Crippen LogP contribution < -0.4 is 0 Å². The lowest BCUT2D eigenvalue weighted by molar-refractivity contribution is 0.102. The molecule has 7 heteroatoms. The van der Waals surface area contributed by atoms with Gasteiger partial charge >= 0.3 is 0 Å². The first-order valence-electron chi connectivity index (χ1n) is 9.50. The maximum absolute atomic E-state index is 12.5. The summed E-state index contributed by atoms with van der Waals surface area (Å²) in [7, 11) is 0. The van der Waals surface area contributed by atoms with Gasteiger partial charge < -0.3 is 0 Å². The highest BCUT2D eigenvalue weighted by Gasteiger charge is 2.22. The normalized spacial score (nSPS) is 13.9. The third-order valence-corrected chi connectivity index (χ3v) is 7.42. The average molecular weight is 409 g/mol. The summed E-state index contributed by atoms with van der Waals surface area (Å²) in [5, 5.41) is 10.8. The number of thioether (sulfide) groups is 1. The molecular formula is C21H20N4OS2. The van der Waals surface area contributed by atoms with Crippen molar-refractivity contribution in [3.63, 3.8) is 0 Å². The second kappa shape index (κ2) is 6.97. The number of carbonyl (C=O) groups excluding carboxylic acids is 1. The van der Waals surface area contributed by atoms with Gasteiger partial charge in [0, 0.05) is 10.4 Å². The fourth-order valence-electron chi connectivity index (χ4n) is 3.83. The number of rotatable bonds is 4. The first-order valence-corrected chi connectivity index (χ1v) is 11.3. The maximum Gasteiger partial charge on any atom is 0.197 e. The van der Waals surface area contributed by atoms with Crippen molar-refractivity contribution in [3.05, 3.63) is 51.7 Å². The summed E-state index contributed by atoms with van der Waals surface area (Å²) in [4.78, 5) is 19.9. The van der Waals surface area contributed by atoms with Crippen molar-refractivity contribution in [2.45, 2.75) is 44.7 Å². The molecule has 0 aliphatic heterocycles. The number of benzene rings is 1. The standard InChI is InChI=1S/C21H20N4OS2/c1-12-7-9-14(10-8-12)16(26)11-27-21-24-23-19-18-15-5-3-4-6-17(15)28-20(18)22-13(2)25(19)21/h7-10H,3-6,11H2,1-2H3. The Hall–Kier alpha value is -2.25. The SMILES string of the molecule is Cc1ccc(C(=O)CSc2nnc3c4c5c(sc4nc(C)n23)CCCC5)cc1. The third-order valence-electron chi connectivity index (χ3n) is 5.30. The van der Waals surface area contributed by atoms with Crippen molar-refractivity contribution < 1.29 is 4.79 Å². The Labute approximate surface area is 171 Å². The van der Waals surface area contributed by atoms with E-state index in [1.54, 1.807) is 11.3 Å². The van der Waals surface area contributed by atoms with Gasteiger partial charge in [0.25, 0.3) is 0 Å². The lowest BCUT2D eigenvalue weighted by Crippen LogP contribution is -2.04. The predicted molar refractivity (Wildman–Crippen MR) is 114 cm³/mol. The molecule has 1 aliphatic carbocycles. The van der Waals surface area contributed by atoms with Gasteiger partial charge in [-0.2, -0.15) is 0 Å². The Morgan fingerprint density at radius 2 is 1.93 bits per heavy atom. The van der Waals surface area contributed by atoms with Gasteiger partial charge in [-0.1, -0.05) is 41.6 Å². The molecule has 0 radical (unpaired) electrons. The minimum Gasteiger partial charge on any atom is -0.293 e. The largest absolute Gasteiger partial charge is 0.293 e. The zero-order valence-corrected chi connectivity index (χ0v) is 17.5. The van der Waals surface area contributed by atoms with Crippen LogP contribution in [0.3, 0.4) is 0 Å². The Balaban J connectivity index is 1.50. The zero-order chi connectivity index (χ0) is 19.3. The van der Waals surface area contributed by atoms with E-state index in [0.717, 1.165) is 50.8 Å². The van der Waals surface area contributed by atoms with Crippen molar-refractivity contribution in [3.8, 4) is 0 Å². The molecule has 0 N–H and O–H groups in total. The van der Waals surface area contributed by atoms with E-state index in [1.807, 2.05) is 42.5 Å². The summed E-state index contributed by atoms with van der Waals surface area (Å²) in [6.45, 7) is 4.01. The number of ketones is 1. The first kappa shape index (κ1) is 17.8. The second-order valence-electron chi connectivity index (χ2n) is 7.27. The van der Waals surface area contributed by atoms with Crippen LogP contribution in [0.2, 0.25) is 0 Å². The van der Waals surface area contributed by atoms with Crippen LogP contribution in [0.15, 0.2) is 29.4 Å². The fourth-order valence-corrected chi connectivity index (χ4v) is 6.00. The van der Waals surface area contributed by atoms with Crippen LogP contribution in [-0.4, -0.2) is 31.1 Å². The Morgan fingerprint density at radius 3 is 2.75 bits per heavy atom. The molecule has 1 aliphatic rings. The molecule has 0 bridgehead atoms. The fraction of sp³-hybridized carbons (Fsp3) is 0.333. The molecule has 28 heavy (non-hydrogen) atoms. The molecule has 0 unspecified atom stereocenters. The quantitative estimate of drug-likeness (QED) is 0.358. The molecule has 1 aromatic carbocycles. The van der Waals surface area contributed by atoms with Crippen molar-refractivity contribution in [2.24, 2.45) is 0 Å². The van der Waals surface area contributed by atoms with E-state index in [2.05, 4.69) is 10.2 Å². The number of aryl methyl sites for hydroxylation is 4. The van der Waals surface area contributed by atoms with E-state index >= 15 is 0 Å². The highest BCUT2D eigenvalue weighted by Crippen LogP contribution is 2.38. The lowest BCUT2D eigenvalue weighted by Gasteiger charge is -2.10. The van der Waals surface area contributed by atoms with Gasteiger partial charge in [0.1, 0.15) is 10.7 Å². The number of hydrogen-bond acceptors (Lipinski definition) is 6. The molecule has 0 fully saturated rings. The Morgan fingerprint density at radius 1 is 1.14 bits per heavy atom. The molecule has 4 aromatic rings. The zero-order valence-electron chi connectivity index (χ0n) is 15.9. The summed E-state index contributed by atoms with van der Waals surface area (Å²) in [6, 6.07) is 7.70. The number of nitrogens with zero attached hydrogens (tertiary/aromatic N) is 4. The average Bonchev–Trinajstić information content (AvgIpc) is 3.27. The van der Waals surface area contributed by atoms with Crippen LogP contribution in [0, 0.1) is 13.8 Å². The lowest BCUT2D eigenvalue weighted by atomic mass is 9.97. The summed E-state index contributed by atoms with van der Waals surface area (Å²) in [5.41, 5.74) is 4.17. The van der Waals surface area contributed by atoms with Crippen LogP contribution in [0.25, 0.3) is 15.9 Å². The van der Waals surface area contributed by atoms with Gasteiger partial charge in [-0.25, -0.2) is 4.98 Å². The molecule has 0 atom stereocenters. The van der Waals surface area contributed by atoms with Gasteiger partial charge in [0.15, 0.2) is 16.6 Å². The van der Waals surface area contributed by atoms with Gasteiger partial charge in [0.05, 0.1) is 11.1 Å². The van der Waals surface area contributed by atoms with E-state index in [4.69, 9.17) is 4.98 Å². The number of thiophene rings is 1. The summed E-state index contributed by atoms with van der Waals surface area (Å²) < 4.78 is 2.01. The molecule has 0 saturated carbocycles. The van der Waals surface area contributed by atoms with Crippen LogP contribution in [0.1, 0.15) is 45.0 Å². The van der Waals surface area contributed by atoms with E-state index in [0.29, 0.717) is 5.75 Å². The topological polar surface area (TPSA) is 60.2 Å². The van der Waals surface area contributed by atoms with E-state index in [-0.39, 0.29) is 5.78 Å². The van der Waals surface area contributed by atoms with E-state index < -0.39 is 0 Å². The Kier molecular flexibility index (Phi) is 4.44. The number of hydrogen-bond donors (Lipinski definition) is 0. The van der Waals surface area contributed by atoms with Gasteiger partial charge in [-0.15, -0.1) is 21.5 Å². The van der Waals surface area contributed by atoms with Crippen molar-refractivity contribution >= 4 is 44.7 Å². The monoisotopic (exact) mass is 408 g/mol. The second-order valence-corrected chi connectivity index (χ2v) is 9.30. The van der Waals surface area contributed by atoms with Gasteiger partial charge in [0.2, 0.25) is 0 Å². The van der Waals surface area contributed by atoms with Crippen molar-refractivity contribution in [1.29, 1.82) is 0 Å². The summed E-state index contributed by atoms with van der Waals surface area (Å²) in [6.07, 6.45) is 4.71. The van der Waals surface area contributed by atoms with Crippen LogP contribution in [0.4, 0.5) is 0 Å². The molecule has 0 spiro atoms. The molecule has 142 valence electrons. The Bertz CT molecular complexity index is 1210. The van der Waals surface area contributed by atoms with Crippen LogP contribution in [0.5, 0.6) is 0 Å². The molecule has 3 aromatic heterocycles. The van der Waals surface area contributed by atoms with Crippen molar-refractivity contribution in [2.75, 3.05) is 5.75 Å². The molecule has 5 rings (SSSR count). The van der Waals surface area contributed by atoms with Crippen molar-refractivity contribution in [1.82, 2.24) is 19.6 Å². The number of fused-ring (bicyclic) bond motifs is 5. The molecule has 3 heterocycles. The molecule has 0 amide bonds. The number of aromatic nitrogens is 4. The van der Waals surface area contributed by atoms with E-state index in [1.165, 1.54) is 35.0 Å². The predicted octanol–water partition coefficient (Wildman–Crippen LogP) is 4.81. The van der Waals surface area contributed by atoms with Crippen LogP contribution in [-0.2, 0) is 12.8 Å². The van der Waals surface area contributed by atoms with Crippen LogP contribution >= 0.6 is 23.1 Å². The minimum absolute atomic E-state index is 0.0985. The third kappa shape index (κ3) is 2.93. The minimum atomic E-state index is 0.0985. The van der Waals surface area contributed by atoms with E-state index in [9.17, 15) is 4.79 Å².